The van der Waals surface area contributed by atoms with Crippen molar-refractivity contribution in [2.24, 2.45) is 0 Å². The molecule has 1 aliphatic carbocycles. The summed E-state index contributed by atoms with van der Waals surface area (Å²) < 4.78 is 5.06. The Morgan fingerprint density at radius 1 is 0.420 bits per heavy atom. The Morgan fingerprint density at radius 3 is 1.55 bits per heavy atom. The molecule has 2 heterocycles. The van der Waals surface area contributed by atoms with Gasteiger partial charge in [0.2, 0.25) is 0 Å². The fourth-order valence-electron chi connectivity index (χ4n) is 8.37. The lowest BCUT2D eigenvalue weighted by Crippen LogP contribution is -2.15. The van der Waals surface area contributed by atoms with E-state index in [4.69, 9.17) is 0 Å². The largest absolute Gasteiger partial charge is 0.310 e. The average molecular weight is 910 g/mol. The maximum Gasteiger partial charge on any atom is 0.0546 e. The number of fused-ring (bicyclic) bond motifs is 4. The Hall–Kier alpha value is -8.00. The molecular formula is C67H59NS. The minimum atomic E-state index is 0.941. The second-order valence-electron chi connectivity index (χ2n) is 17.6. The lowest BCUT2D eigenvalue weighted by Gasteiger charge is -2.15. The third-order valence-electron chi connectivity index (χ3n) is 12.0. The van der Waals surface area contributed by atoms with Gasteiger partial charge in [-0.1, -0.05) is 216 Å². The molecule has 0 saturated carbocycles. The van der Waals surface area contributed by atoms with Crippen LogP contribution in [-0.4, -0.2) is 4.57 Å². The van der Waals surface area contributed by atoms with Gasteiger partial charge in [0.05, 0.1) is 5.52 Å². The van der Waals surface area contributed by atoms with Gasteiger partial charge in [-0.05, 0) is 134 Å². The molecule has 0 bridgehead atoms. The van der Waals surface area contributed by atoms with Crippen molar-refractivity contribution in [2.45, 2.75) is 41.5 Å². The predicted molar refractivity (Wildman–Crippen MR) is 304 cm³/mol. The molecule has 2 aromatic heterocycles. The van der Waals surface area contributed by atoms with Crippen molar-refractivity contribution in [1.29, 1.82) is 0 Å². The van der Waals surface area contributed by atoms with E-state index in [1.54, 1.807) is 0 Å². The molecule has 0 fully saturated rings. The van der Waals surface area contributed by atoms with Crippen molar-refractivity contribution in [2.75, 3.05) is 0 Å². The normalized spacial score (nSPS) is 11.1. The molecule has 0 atom stereocenters. The molecule has 0 spiro atoms. The number of hydrogen-bond acceptors (Lipinski definition) is 1. The summed E-state index contributed by atoms with van der Waals surface area (Å²) in [7, 11) is 0. The van der Waals surface area contributed by atoms with Crippen LogP contribution in [0.25, 0.3) is 76.0 Å². The first kappa shape index (κ1) is 47.5. The fraction of sp³-hybridized carbons (Fsp3) is 0.0896. The summed E-state index contributed by atoms with van der Waals surface area (Å²) in [6, 6.07) is 77.5. The Labute approximate surface area is 412 Å². The van der Waals surface area contributed by atoms with Gasteiger partial charge in [0, 0.05) is 36.6 Å². The molecule has 69 heavy (non-hydrogen) atoms. The highest BCUT2D eigenvalue weighted by molar-refractivity contribution is 7.25. The van der Waals surface area contributed by atoms with Crippen molar-refractivity contribution >= 4 is 70.5 Å². The van der Waals surface area contributed by atoms with E-state index >= 15 is 0 Å². The van der Waals surface area contributed by atoms with Crippen LogP contribution in [0.2, 0.25) is 0 Å². The summed E-state index contributed by atoms with van der Waals surface area (Å²) >= 11 is 1.87. The summed E-state index contributed by atoms with van der Waals surface area (Å²) in [5.74, 6) is 0. The molecule has 9 aromatic carbocycles. The predicted octanol–water partition coefficient (Wildman–Crippen LogP) is 18.5. The second-order valence-corrected chi connectivity index (χ2v) is 18.7. The molecule has 0 N–H and O–H groups in total. The highest BCUT2D eigenvalue weighted by Gasteiger charge is 2.11. The second kappa shape index (κ2) is 22.7. The molecule has 0 saturated heterocycles. The van der Waals surface area contributed by atoms with Crippen LogP contribution >= 0.6 is 11.3 Å². The van der Waals surface area contributed by atoms with Crippen LogP contribution in [0.15, 0.2) is 248 Å². The molecule has 12 rings (SSSR count). The number of allylic oxidation sites excluding steroid dienone is 3. The summed E-state index contributed by atoms with van der Waals surface area (Å²) in [5.41, 5.74) is 15.4. The van der Waals surface area contributed by atoms with Crippen molar-refractivity contribution < 1.29 is 0 Å². The van der Waals surface area contributed by atoms with Crippen LogP contribution in [0.1, 0.15) is 34.7 Å². The lowest BCUT2D eigenvalue weighted by atomic mass is 9.95. The zero-order valence-electron chi connectivity index (χ0n) is 40.6. The van der Waals surface area contributed by atoms with Gasteiger partial charge in [0.25, 0.3) is 0 Å². The van der Waals surface area contributed by atoms with Gasteiger partial charge in [-0.15, -0.1) is 17.1 Å². The van der Waals surface area contributed by atoms with E-state index in [9.17, 15) is 0 Å². The topological polar surface area (TPSA) is 4.93 Å². The van der Waals surface area contributed by atoms with Crippen LogP contribution in [0.5, 0.6) is 0 Å². The van der Waals surface area contributed by atoms with Gasteiger partial charge in [-0.2, -0.15) is 0 Å². The quantitative estimate of drug-likeness (QED) is 0.152. The number of nitrogens with zero attached hydrogens (tertiary/aromatic N) is 1. The van der Waals surface area contributed by atoms with Crippen molar-refractivity contribution in [3.63, 3.8) is 0 Å². The molecule has 1 aliphatic rings. The van der Waals surface area contributed by atoms with Crippen LogP contribution in [0.3, 0.4) is 0 Å². The van der Waals surface area contributed by atoms with Crippen molar-refractivity contribution in [1.82, 2.24) is 4.57 Å². The van der Waals surface area contributed by atoms with E-state index in [0.29, 0.717) is 0 Å². The number of benzene rings is 9. The van der Waals surface area contributed by atoms with Gasteiger partial charge in [-0.25, -0.2) is 0 Å². The molecule has 0 amide bonds. The van der Waals surface area contributed by atoms with Gasteiger partial charge >= 0.3 is 0 Å². The molecular weight excluding hydrogens is 851 g/mol. The average Bonchev–Trinajstić information content (AvgIpc) is 4.01. The summed E-state index contributed by atoms with van der Waals surface area (Å²) in [6.07, 6.45) is 5.92. The van der Waals surface area contributed by atoms with Gasteiger partial charge in [0.15, 0.2) is 0 Å². The lowest BCUT2D eigenvalue weighted by molar-refractivity contribution is 1.06. The van der Waals surface area contributed by atoms with Crippen LogP contribution < -0.4 is 5.35 Å². The van der Waals surface area contributed by atoms with Gasteiger partial charge in [0.1, 0.15) is 0 Å². The fourth-order valence-corrected chi connectivity index (χ4v) is 9.46. The molecule has 0 unspecified atom stereocenters. The third-order valence-corrected chi connectivity index (χ3v) is 13.2. The first-order valence-electron chi connectivity index (χ1n) is 23.6. The molecule has 338 valence electrons. The monoisotopic (exact) mass is 909 g/mol. The number of rotatable bonds is 2. The molecule has 11 aromatic rings. The van der Waals surface area contributed by atoms with Gasteiger partial charge < -0.3 is 4.57 Å². The molecule has 2 heteroatoms. The van der Waals surface area contributed by atoms with Gasteiger partial charge in [-0.3, -0.25) is 0 Å². The van der Waals surface area contributed by atoms with E-state index < -0.39 is 0 Å². The standard InChI is InChI=1S/C34H27N.C13H10S.2C7H8.C6H6/c1-23-11-15-26(16-12-23)31-19-20-33-34-29(9-6-10-32(31)34)22-28-8-5-4-7-27(28)21-25(3)35(33)30-17-13-24(2)14-18-30;1-9-6-7-13-11(8-9)10-4-2-3-5-12(10)14-13;2*1-7-5-3-2-4-6-7;1-6-4-2-3-5-6/h4-22H,3H2,1-2H3;2-8H,1H3;2*2-6H,1H3;2-4H,1H3. The maximum atomic E-state index is 4.54. The Morgan fingerprint density at radius 2 is 0.957 bits per heavy atom. The summed E-state index contributed by atoms with van der Waals surface area (Å²) in [5, 5.41) is 9.76. The zero-order chi connectivity index (χ0) is 48.1. The van der Waals surface area contributed by atoms with E-state index in [1.165, 1.54) is 86.2 Å². The first-order chi connectivity index (χ1) is 33.6. The maximum absolute atomic E-state index is 4.54. The van der Waals surface area contributed by atoms with Crippen LogP contribution in [-0.2, 0) is 0 Å². The number of hydrogen-bond donors (Lipinski definition) is 0. The Kier molecular flexibility index (Phi) is 15.6. The third kappa shape index (κ3) is 12.1. The van der Waals surface area contributed by atoms with E-state index in [0.717, 1.165) is 21.9 Å². The Balaban J connectivity index is 0.000000151. The van der Waals surface area contributed by atoms with Crippen molar-refractivity contribution in [3.8, 4) is 16.8 Å². The smallest absolute Gasteiger partial charge is 0.0546 e. The van der Waals surface area contributed by atoms with E-state index in [2.05, 4.69) is 233 Å². The van der Waals surface area contributed by atoms with E-state index in [1.807, 2.05) is 72.9 Å². The van der Waals surface area contributed by atoms with Crippen LogP contribution in [0.4, 0.5) is 0 Å². The minimum absolute atomic E-state index is 0.941. The van der Waals surface area contributed by atoms with Crippen molar-refractivity contribution in [3.05, 3.63) is 281 Å². The highest BCUT2D eigenvalue weighted by atomic mass is 32.1. The number of aryl methyl sites for hydroxylation is 5. The molecule has 0 aliphatic heterocycles. The van der Waals surface area contributed by atoms with Crippen LogP contribution in [0, 0.1) is 34.6 Å². The molecule has 1 nitrogen and oxygen atoms in total. The Bertz CT molecular complexity index is 3660. The minimum Gasteiger partial charge on any atom is -0.310 e. The zero-order valence-corrected chi connectivity index (χ0v) is 41.4. The first-order valence-corrected chi connectivity index (χ1v) is 24.4. The van der Waals surface area contributed by atoms with E-state index in [-0.39, 0.29) is 0 Å². The SMILES string of the molecule is C=c1cc2ccccc2cc2cccc3c(-c4ccc(C)cc4)ccc(c23)n1-c1ccc(C)cc1.CC1=C=CC=C1.Cc1ccc2sc3ccccc3c2c1.Cc1ccccc1.Cc1ccccc1. The molecule has 0 radical (unpaired) electrons. The highest BCUT2D eigenvalue weighted by Crippen LogP contribution is 2.36. The number of aromatic nitrogens is 1. The summed E-state index contributed by atoms with van der Waals surface area (Å²) in [4.78, 5) is 0. The summed E-state index contributed by atoms with van der Waals surface area (Å²) in [6.45, 7) is 17.1. The number of thiophene rings is 1.